The van der Waals surface area contributed by atoms with Gasteiger partial charge in [0, 0.05) is 48.9 Å². The topological polar surface area (TPSA) is 105 Å². The first-order chi connectivity index (χ1) is 13.4. The Morgan fingerprint density at radius 3 is 1.54 bits per heavy atom. The van der Waals surface area contributed by atoms with Gasteiger partial charge in [0.1, 0.15) is 0 Å². The quantitative estimate of drug-likeness (QED) is 0.624. The first-order valence-corrected chi connectivity index (χ1v) is 9.42. The van der Waals surface area contributed by atoms with Crippen molar-refractivity contribution >= 4 is 23.3 Å². The summed E-state index contributed by atoms with van der Waals surface area (Å²) in [6.45, 7) is 3.34. The lowest BCUT2D eigenvalue weighted by molar-refractivity contribution is -0.148. The maximum atomic E-state index is 11.5. The highest BCUT2D eigenvalue weighted by molar-refractivity contribution is 5.67. The summed E-state index contributed by atoms with van der Waals surface area (Å²) in [4.78, 5) is 23.0. The standard InChI is InChI=1S/C22H24N2O4/c1-11(25)27-9-19-20(10-28-12(2)26)22-17-7-13(23)3-5-15(17)21(19)16-6-4-14(24)8-18(16)22/h3-8,19-22H,9-10,23-24H2,1-2H3/t19-,20-,21?,22?/m1/s1. The first kappa shape index (κ1) is 18.3. The zero-order chi connectivity index (χ0) is 20.0. The number of rotatable bonds is 4. The van der Waals surface area contributed by atoms with Gasteiger partial charge >= 0.3 is 11.9 Å². The SMILES string of the molecule is CC(=O)OC[C@H]1C2c3ccc(N)cc3C(c3cc(N)ccc32)[C@@H]1COC(C)=O. The van der Waals surface area contributed by atoms with Crippen molar-refractivity contribution in [1.82, 2.24) is 0 Å². The average molecular weight is 380 g/mol. The molecule has 0 spiro atoms. The van der Waals surface area contributed by atoms with Crippen LogP contribution in [0.25, 0.3) is 0 Å². The minimum absolute atomic E-state index is 0.000462. The van der Waals surface area contributed by atoms with Crippen molar-refractivity contribution in [3.05, 3.63) is 58.7 Å². The van der Waals surface area contributed by atoms with Crippen molar-refractivity contribution in [2.45, 2.75) is 25.7 Å². The molecule has 3 aliphatic rings. The molecule has 2 aromatic carbocycles. The third-order valence-corrected chi connectivity index (χ3v) is 5.93. The molecule has 0 saturated heterocycles. The molecule has 4 N–H and O–H groups in total. The molecular formula is C22H24N2O4. The monoisotopic (exact) mass is 380 g/mol. The van der Waals surface area contributed by atoms with Crippen molar-refractivity contribution in [3.63, 3.8) is 0 Å². The van der Waals surface area contributed by atoms with Crippen LogP contribution < -0.4 is 11.5 Å². The lowest BCUT2D eigenvalue weighted by Gasteiger charge is -2.50. The minimum atomic E-state index is -0.326. The Labute approximate surface area is 163 Å². The second-order valence-electron chi connectivity index (χ2n) is 7.66. The number of nitrogen functional groups attached to an aromatic ring is 2. The van der Waals surface area contributed by atoms with Crippen LogP contribution >= 0.6 is 0 Å². The van der Waals surface area contributed by atoms with Crippen LogP contribution in [0.5, 0.6) is 0 Å². The van der Waals surface area contributed by atoms with Crippen LogP contribution in [0.15, 0.2) is 36.4 Å². The van der Waals surface area contributed by atoms with E-state index in [1.807, 2.05) is 24.3 Å². The molecule has 0 unspecified atom stereocenters. The lowest BCUT2D eigenvalue weighted by Crippen LogP contribution is -2.44. The minimum Gasteiger partial charge on any atom is -0.466 e. The fourth-order valence-corrected chi connectivity index (χ4v) is 4.91. The maximum Gasteiger partial charge on any atom is 0.302 e. The third kappa shape index (κ3) is 2.99. The van der Waals surface area contributed by atoms with Gasteiger partial charge in [0.25, 0.3) is 0 Å². The molecule has 0 radical (unpaired) electrons. The van der Waals surface area contributed by atoms with Gasteiger partial charge in [0.05, 0.1) is 13.2 Å². The molecule has 28 heavy (non-hydrogen) atoms. The van der Waals surface area contributed by atoms with Crippen LogP contribution in [0.3, 0.4) is 0 Å². The van der Waals surface area contributed by atoms with E-state index in [1.165, 1.54) is 25.0 Å². The number of carbonyl (C=O) groups is 2. The zero-order valence-electron chi connectivity index (χ0n) is 16.0. The van der Waals surface area contributed by atoms with Gasteiger partial charge in [-0.3, -0.25) is 9.59 Å². The molecule has 2 aromatic rings. The van der Waals surface area contributed by atoms with E-state index in [0.29, 0.717) is 11.4 Å². The Hall–Kier alpha value is -3.02. The highest BCUT2D eigenvalue weighted by Gasteiger charge is 2.50. The van der Waals surface area contributed by atoms with E-state index in [1.54, 1.807) is 0 Å². The molecule has 6 nitrogen and oxygen atoms in total. The second kappa shape index (κ2) is 6.86. The molecule has 0 amide bonds. The van der Waals surface area contributed by atoms with E-state index in [-0.39, 0.29) is 48.8 Å². The summed E-state index contributed by atoms with van der Waals surface area (Å²) in [5, 5.41) is 0. The van der Waals surface area contributed by atoms with Gasteiger partial charge < -0.3 is 20.9 Å². The first-order valence-electron chi connectivity index (χ1n) is 9.42. The highest BCUT2D eigenvalue weighted by atomic mass is 16.5. The summed E-state index contributed by atoms with van der Waals surface area (Å²) in [5.41, 5.74) is 18.2. The largest absolute Gasteiger partial charge is 0.466 e. The molecule has 2 bridgehead atoms. The number of carbonyl (C=O) groups excluding carboxylic acids is 2. The fourth-order valence-electron chi connectivity index (χ4n) is 4.91. The average Bonchev–Trinajstić information content (AvgIpc) is 2.64. The number of benzene rings is 2. The normalized spacial score (nSPS) is 24.2. The van der Waals surface area contributed by atoms with E-state index in [0.717, 1.165) is 11.1 Å². The van der Waals surface area contributed by atoms with Gasteiger partial charge in [-0.15, -0.1) is 0 Å². The van der Waals surface area contributed by atoms with Gasteiger partial charge in [-0.1, -0.05) is 12.1 Å². The summed E-state index contributed by atoms with van der Waals surface area (Å²) in [6.07, 6.45) is 0. The Kier molecular flexibility index (Phi) is 4.49. The summed E-state index contributed by atoms with van der Waals surface area (Å²) >= 11 is 0. The number of anilines is 2. The molecule has 0 saturated carbocycles. The van der Waals surface area contributed by atoms with Crippen LogP contribution in [0.4, 0.5) is 11.4 Å². The van der Waals surface area contributed by atoms with Gasteiger partial charge in [-0.05, 0) is 46.5 Å². The molecule has 6 heteroatoms. The summed E-state index contributed by atoms with van der Waals surface area (Å²) in [5.74, 6) is -0.675. The van der Waals surface area contributed by atoms with Crippen molar-refractivity contribution < 1.29 is 19.1 Å². The predicted octanol–water partition coefficient (Wildman–Crippen LogP) is 2.80. The Bertz CT molecular complexity index is 902. The van der Waals surface area contributed by atoms with Crippen LogP contribution in [0.1, 0.15) is 47.9 Å². The summed E-state index contributed by atoms with van der Waals surface area (Å²) in [7, 11) is 0. The number of fused-ring (bicyclic) bond motifs is 1. The van der Waals surface area contributed by atoms with Crippen LogP contribution in [0.2, 0.25) is 0 Å². The summed E-state index contributed by atoms with van der Waals surface area (Å²) in [6, 6.07) is 11.9. The number of hydrogen-bond donors (Lipinski definition) is 2. The Morgan fingerprint density at radius 2 is 1.14 bits per heavy atom. The highest BCUT2D eigenvalue weighted by Crippen LogP contribution is 2.59. The van der Waals surface area contributed by atoms with Crippen LogP contribution in [0, 0.1) is 11.8 Å². The molecule has 3 aliphatic carbocycles. The number of esters is 2. The van der Waals surface area contributed by atoms with E-state index >= 15 is 0 Å². The molecular weight excluding hydrogens is 356 g/mol. The van der Waals surface area contributed by atoms with Crippen LogP contribution in [-0.4, -0.2) is 25.2 Å². The summed E-state index contributed by atoms with van der Waals surface area (Å²) < 4.78 is 10.8. The molecule has 146 valence electrons. The third-order valence-electron chi connectivity index (χ3n) is 5.93. The molecule has 0 aromatic heterocycles. The van der Waals surface area contributed by atoms with Crippen molar-refractivity contribution in [2.75, 3.05) is 24.7 Å². The van der Waals surface area contributed by atoms with Crippen molar-refractivity contribution in [1.29, 1.82) is 0 Å². The molecule has 0 fully saturated rings. The number of hydrogen-bond acceptors (Lipinski definition) is 6. The molecule has 5 rings (SSSR count). The predicted molar refractivity (Wildman–Crippen MR) is 106 cm³/mol. The second-order valence-corrected chi connectivity index (χ2v) is 7.66. The van der Waals surface area contributed by atoms with Crippen LogP contribution in [-0.2, 0) is 19.1 Å². The Morgan fingerprint density at radius 1 is 0.750 bits per heavy atom. The molecule has 0 aliphatic heterocycles. The smallest absolute Gasteiger partial charge is 0.302 e. The maximum absolute atomic E-state index is 11.5. The van der Waals surface area contributed by atoms with E-state index in [4.69, 9.17) is 20.9 Å². The van der Waals surface area contributed by atoms with E-state index in [2.05, 4.69) is 12.1 Å². The molecule has 2 atom stereocenters. The fraction of sp³-hybridized carbons (Fsp3) is 0.364. The van der Waals surface area contributed by atoms with Crippen molar-refractivity contribution in [2.24, 2.45) is 11.8 Å². The van der Waals surface area contributed by atoms with Crippen molar-refractivity contribution in [3.8, 4) is 0 Å². The zero-order valence-corrected chi connectivity index (χ0v) is 16.0. The Balaban J connectivity index is 1.87. The van der Waals surface area contributed by atoms with E-state index in [9.17, 15) is 9.59 Å². The van der Waals surface area contributed by atoms with Gasteiger partial charge in [0.15, 0.2) is 0 Å². The van der Waals surface area contributed by atoms with Gasteiger partial charge in [0.2, 0.25) is 0 Å². The lowest BCUT2D eigenvalue weighted by atomic mass is 9.54. The van der Waals surface area contributed by atoms with Gasteiger partial charge in [-0.2, -0.15) is 0 Å². The number of nitrogens with two attached hydrogens (primary N) is 2. The number of ether oxygens (including phenoxy) is 2. The van der Waals surface area contributed by atoms with Gasteiger partial charge in [-0.25, -0.2) is 0 Å². The van der Waals surface area contributed by atoms with E-state index < -0.39 is 0 Å². The molecule has 0 heterocycles.